The van der Waals surface area contributed by atoms with Crippen LogP contribution in [0.1, 0.15) is 18.5 Å². The van der Waals surface area contributed by atoms with E-state index in [9.17, 15) is 9.59 Å². The largest absolute Gasteiger partial charge is 0.337 e. The highest BCUT2D eigenvalue weighted by atomic mass is 35.5. The summed E-state index contributed by atoms with van der Waals surface area (Å²) >= 11 is 12.2. The Morgan fingerprint density at radius 1 is 1.23 bits per heavy atom. The van der Waals surface area contributed by atoms with Gasteiger partial charge in [0.05, 0.1) is 23.3 Å². The van der Waals surface area contributed by atoms with Gasteiger partial charge in [0.1, 0.15) is 6.54 Å². The normalized spacial score (nSPS) is 12.2. The molecular formula is C19H17Cl2N3O2. The molecule has 0 fully saturated rings. The first-order valence-electron chi connectivity index (χ1n) is 8.03. The number of aromatic nitrogens is 2. The fourth-order valence-corrected chi connectivity index (χ4v) is 3.31. The number of likely N-dealkylation sites (N-methyl/N-ethyl adjacent to an activating group) is 1. The Labute approximate surface area is 160 Å². The van der Waals surface area contributed by atoms with Gasteiger partial charge in [-0.2, -0.15) is 0 Å². The smallest absolute Gasteiger partial charge is 0.261 e. The average molecular weight is 390 g/mol. The third-order valence-corrected chi connectivity index (χ3v) is 4.99. The summed E-state index contributed by atoms with van der Waals surface area (Å²) in [5, 5.41) is 1.52. The first-order valence-corrected chi connectivity index (χ1v) is 8.79. The Kier molecular flexibility index (Phi) is 5.30. The molecular weight excluding hydrogens is 373 g/mol. The number of fused-ring (bicyclic) bond motifs is 1. The Balaban J connectivity index is 1.83. The van der Waals surface area contributed by atoms with Crippen LogP contribution in [-0.2, 0) is 11.3 Å². The van der Waals surface area contributed by atoms with E-state index in [0.717, 1.165) is 5.56 Å². The Hall–Kier alpha value is -2.37. The summed E-state index contributed by atoms with van der Waals surface area (Å²) in [6.45, 7) is 1.77. The molecule has 3 aromatic rings. The predicted molar refractivity (Wildman–Crippen MR) is 104 cm³/mol. The molecule has 0 radical (unpaired) electrons. The molecule has 0 saturated carbocycles. The van der Waals surface area contributed by atoms with Gasteiger partial charge in [-0.15, -0.1) is 0 Å². The fourth-order valence-electron chi connectivity index (χ4n) is 2.74. The van der Waals surface area contributed by atoms with Gasteiger partial charge in [-0.3, -0.25) is 14.2 Å². The molecule has 1 aromatic heterocycles. The summed E-state index contributed by atoms with van der Waals surface area (Å²) < 4.78 is 1.32. The van der Waals surface area contributed by atoms with Crippen LogP contribution < -0.4 is 5.56 Å². The number of nitrogens with zero attached hydrogens (tertiary/aromatic N) is 3. The van der Waals surface area contributed by atoms with Crippen molar-refractivity contribution in [2.45, 2.75) is 19.5 Å². The van der Waals surface area contributed by atoms with E-state index in [1.54, 1.807) is 48.3 Å². The van der Waals surface area contributed by atoms with Gasteiger partial charge < -0.3 is 4.90 Å². The van der Waals surface area contributed by atoms with Crippen LogP contribution in [0, 0.1) is 0 Å². The maximum Gasteiger partial charge on any atom is 0.261 e. The van der Waals surface area contributed by atoms with Crippen molar-refractivity contribution in [1.29, 1.82) is 0 Å². The number of amides is 1. The van der Waals surface area contributed by atoms with Gasteiger partial charge in [0.25, 0.3) is 5.56 Å². The van der Waals surface area contributed by atoms with E-state index in [1.165, 1.54) is 10.9 Å². The number of para-hydroxylation sites is 1. The number of carbonyl (C=O) groups is 1. The Morgan fingerprint density at radius 2 is 1.96 bits per heavy atom. The lowest BCUT2D eigenvalue weighted by atomic mass is 10.1. The first-order chi connectivity index (χ1) is 12.4. The van der Waals surface area contributed by atoms with Crippen LogP contribution in [0.2, 0.25) is 10.0 Å². The minimum Gasteiger partial charge on any atom is -0.337 e. The van der Waals surface area contributed by atoms with Crippen molar-refractivity contribution >= 4 is 40.0 Å². The summed E-state index contributed by atoms with van der Waals surface area (Å²) in [5.74, 6) is -0.220. The topological polar surface area (TPSA) is 55.2 Å². The van der Waals surface area contributed by atoms with Crippen LogP contribution in [0.3, 0.4) is 0 Å². The van der Waals surface area contributed by atoms with Crippen LogP contribution in [0.5, 0.6) is 0 Å². The van der Waals surface area contributed by atoms with Gasteiger partial charge in [-0.25, -0.2) is 4.98 Å². The van der Waals surface area contributed by atoms with Gasteiger partial charge in [0, 0.05) is 17.1 Å². The molecule has 0 saturated heterocycles. The van der Waals surface area contributed by atoms with Gasteiger partial charge in [0.2, 0.25) is 5.91 Å². The number of carbonyl (C=O) groups excluding carboxylic acids is 1. The number of benzene rings is 2. The summed E-state index contributed by atoms with van der Waals surface area (Å²) in [7, 11) is 1.68. The molecule has 0 aliphatic heterocycles. The standard InChI is InChI=1S/C19H17Cl2N3O2/c1-12(14-8-7-13(20)9-16(14)21)23(2)18(25)10-24-11-22-17-6-4-3-5-15(17)19(24)26/h3-9,11-12H,10H2,1-2H3/t12-/m0/s1. The van der Waals surface area contributed by atoms with E-state index in [1.807, 2.05) is 13.0 Å². The quantitative estimate of drug-likeness (QED) is 0.679. The monoisotopic (exact) mass is 389 g/mol. The molecule has 0 N–H and O–H groups in total. The lowest BCUT2D eigenvalue weighted by Gasteiger charge is -2.26. The van der Waals surface area contributed by atoms with Gasteiger partial charge >= 0.3 is 0 Å². The molecule has 1 atom stereocenters. The van der Waals surface area contributed by atoms with Crippen molar-refractivity contribution in [1.82, 2.24) is 14.5 Å². The van der Waals surface area contributed by atoms with Crippen molar-refractivity contribution in [3.05, 3.63) is 74.8 Å². The Bertz CT molecular complexity index is 1030. The molecule has 0 bridgehead atoms. The molecule has 1 heterocycles. The first kappa shape index (κ1) is 18.4. The molecule has 5 nitrogen and oxygen atoms in total. The van der Waals surface area contributed by atoms with Crippen molar-refractivity contribution in [2.75, 3.05) is 7.05 Å². The third-order valence-electron chi connectivity index (χ3n) is 4.42. The van der Waals surface area contributed by atoms with Crippen LogP contribution in [-0.4, -0.2) is 27.4 Å². The molecule has 0 spiro atoms. The highest BCUT2D eigenvalue weighted by Crippen LogP contribution is 2.29. The summed E-state index contributed by atoms with van der Waals surface area (Å²) in [6, 6.07) is 12.0. The van der Waals surface area contributed by atoms with Crippen LogP contribution in [0.25, 0.3) is 10.9 Å². The lowest BCUT2D eigenvalue weighted by Crippen LogP contribution is -2.35. The maximum absolute atomic E-state index is 12.7. The summed E-state index contributed by atoms with van der Waals surface area (Å²) in [6.07, 6.45) is 1.40. The van der Waals surface area contributed by atoms with E-state index in [-0.39, 0.29) is 24.1 Å². The highest BCUT2D eigenvalue weighted by Gasteiger charge is 2.20. The number of hydrogen-bond donors (Lipinski definition) is 0. The number of rotatable bonds is 4. The van der Waals surface area contributed by atoms with Crippen LogP contribution in [0.4, 0.5) is 0 Å². The second-order valence-electron chi connectivity index (χ2n) is 6.04. The molecule has 134 valence electrons. The van der Waals surface area contributed by atoms with Crippen molar-refractivity contribution in [2.24, 2.45) is 0 Å². The maximum atomic E-state index is 12.7. The van der Waals surface area contributed by atoms with Gasteiger partial charge in [-0.05, 0) is 36.8 Å². The Morgan fingerprint density at radius 3 is 2.69 bits per heavy atom. The second-order valence-corrected chi connectivity index (χ2v) is 6.88. The number of hydrogen-bond acceptors (Lipinski definition) is 3. The highest BCUT2D eigenvalue weighted by molar-refractivity contribution is 6.35. The molecule has 3 rings (SSSR count). The molecule has 0 aliphatic rings. The van der Waals surface area contributed by atoms with E-state index in [0.29, 0.717) is 20.9 Å². The molecule has 2 aromatic carbocycles. The molecule has 0 unspecified atom stereocenters. The SMILES string of the molecule is C[C@@H](c1ccc(Cl)cc1Cl)N(C)C(=O)Cn1cnc2ccccc2c1=O. The average Bonchev–Trinajstić information content (AvgIpc) is 2.63. The van der Waals surface area contributed by atoms with E-state index < -0.39 is 0 Å². The van der Waals surface area contributed by atoms with Gasteiger partial charge in [-0.1, -0.05) is 41.4 Å². The zero-order valence-electron chi connectivity index (χ0n) is 14.3. The minimum absolute atomic E-state index is 0.0945. The fraction of sp³-hybridized carbons (Fsp3) is 0.211. The summed E-state index contributed by atoms with van der Waals surface area (Å²) in [5.41, 5.74) is 1.15. The van der Waals surface area contributed by atoms with Crippen LogP contribution >= 0.6 is 23.2 Å². The lowest BCUT2D eigenvalue weighted by molar-refractivity contribution is -0.132. The van der Waals surface area contributed by atoms with E-state index in [2.05, 4.69) is 4.98 Å². The van der Waals surface area contributed by atoms with E-state index in [4.69, 9.17) is 23.2 Å². The molecule has 26 heavy (non-hydrogen) atoms. The van der Waals surface area contributed by atoms with Gasteiger partial charge in [0.15, 0.2) is 0 Å². The number of halogens is 2. The van der Waals surface area contributed by atoms with E-state index >= 15 is 0 Å². The van der Waals surface area contributed by atoms with Crippen LogP contribution in [0.15, 0.2) is 53.6 Å². The molecule has 7 heteroatoms. The minimum atomic E-state index is -0.267. The third kappa shape index (κ3) is 3.59. The molecule has 1 amide bonds. The van der Waals surface area contributed by atoms with Crippen molar-refractivity contribution in [3.8, 4) is 0 Å². The zero-order valence-corrected chi connectivity index (χ0v) is 15.8. The second kappa shape index (κ2) is 7.48. The van der Waals surface area contributed by atoms with Crippen molar-refractivity contribution < 1.29 is 4.79 Å². The zero-order chi connectivity index (χ0) is 18.8. The predicted octanol–water partition coefficient (Wildman–Crippen LogP) is 3.92. The molecule has 0 aliphatic carbocycles. The summed E-state index contributed by atoms with van der Waals surface area (Å²) in [4.78, 5) is 31.0. The van der Waals surface area contributed by atoms with Crippen molar-refractivity contribution in [3.63, 3.8) is 0 Å².